The molecule has 2 aromatic carbocycles. The monoisotopic (exact) mass is 770 g/mol. The Morgan fingerprint density at radius 1 is 0.980 bits per heavy atom. The molecule has 3 fully saturated rings. The van der Waals surface area contributed by atoms with E-state index in [1.807, 2.05) is 12.1 Å². The van der Waals surface area contributed by atoms with Crippen molar-refractivity contribution in [1.82, 2.24) is 9.80 Å². The number of amides is 1. The zero-order valence-electron chi connectivity index (χ0n) is 26.9. The number of aromatic amines is 1. The van der Waals surface area contributed by atoms with E-state index in [-0.39, 0.29) is 35.3 Å². The first-order chi connectivity index (χ1) is 24.0. The predicted molar refractivity (Wildman–Crippen MR) is 185 cm³/mol. The topological polar surface area (TPSA) is 117 Å². The molecule has 268 valence electrons. The lowest BCUT2D eigenvalue weighted by Crippen LogP contribution is -2.41. The second kappa shape index (κ2) is 16.0. The molecule has 0 radical (unpaired) electrons. The van der Waals surface area contributed by atoms with Crippen LogP contribution < -0.4 is 14.5 Å². The molecule has 0 unspecified atom stereocenters. The first-order valence-corrected chi connectivity index (χ1v) is 19.8. The molecule has 3 aromatic rings. The summed E-state index contributed by atoms with van der Waals surface area (Å²) in [6.45, 7) is -0.923. The van der Waals surface area contributed by atoms with Crippen LogP contribution in [0, 0.1) is 5.92 Å². The summed E-state index contributed by atoms with van der Waals surface area (Å²) in [6.07, 6.45) is 4.12. The maximum absolute atomic E-state index is 13.9. The summed E-state index contributed by atoms with van der Waals surface area (Å²) in [5.41, 5.74) is 2.28. The average molecular weight is 772 g/mol. The van der Waals surface area contributed by atoms with Crippen LogP contribution in [-0.4, -0.2) is 85.6 Å². The summed E-state index contributed by atoms with van der Waals surface area (Å²) in [5.74, 6) is 0.0621. The SMILES string of the molecule is O=C(O[C@@H](Cc1c(Cl)c[nH+]cc1Cl)c1ccc(OC(F)F)c(OCC2CC2)c1)[C@@H]1SCCN1C(=O)c1ccc(CN2CCS(=O)(=O)CC2)cc1. The van der Waals surface area contributed by atoms with Gasteiger partial charge in [0.15, 0.2) is 39.1 Å². The van der Waals surface area contributed by atoms with Gasteiger partial charge < -0.3 is 19.1 Å². The van der Waals surface area contributed by atoms with Crippen LogP contribution in [0.1, 0.15) is 46.0 Å². The molecule has 1 N–H and O–H groups in total. The molecule has 6 rings (SSSR count). The van der Waals surface area contributed by atoms with Gasteiger partial charge in [0, 0.05) is 49.5 Å². The lowest BCUT2D eigenvalue weighted by atomic mass is 10.0. The second-order valence-electron chi connectivity index (χ2n) is 12.4. The molecule has 1 saturated carbocycles. The number of hydrogen-bond donors (Lipinski definition) is 0. The van der Waals surface area contributed by atoms with Gasteiger partial charge in [-0.15, -0.1) is 11.8 Å². The quantitative estimate of drug-likeness (QED) is 0.209. The highest BCUT2D eigenvalue weighted by Crippen LogP contribution is 2.38. The van der Waals surface area contributed by atoms with E-state index in [0.29, 0.717) is 71.2 Å². The van der Waals surface area contributed by atoms with Crippen molar-refractivity contribution in [2.45, 2.75) is 43.9 Å². The van der Waals surface area contributed by atoms with Crippen molar-refractivity contribution in [2.75, 3.05) is 43.5 Å². The number of carbonyl (C=O) groups is 2. The van der Waals surface area contributed by atoms with E-state index in [1.54, 1.807) is 24.5 Å². The normalized spacial score (nSPS) is 19.7. The van der Waals surface area contributed by atoms with Crippen molar-refractivity contribution in [2.24, 2.45) is 5.92 Å². The maximum Gasteiger partial charge on any atom is 0.387 e. The molecule has 0 bridgehead atoms. The summed E-state index contributed by atoms with van der Waals surface area (Å²) in [7, 11) is -2.98. The summed E-state index contributed by atoms with van der Waals surface area (Å²) >= 11 is 14.2. The molecule has 1 aliphatic carbocycles. The third kappa shape index (κ3) is 9.38. The number of sulfone groups is 1. The van der Waals surface area contributed by atoms with E-state index in [2.05, 4.69) is 9.88 Å². The summed E-state index contributed by atoms with van der Waals surface area (Å²) in [6, 6.07) is 11.5. The number of thioether (sulfide) groups is 1. The molecular formula is C34H36Cl2F2N3O7S2+. The molecule has 2 saturated heterocycles. The Labute approximate surface area is 303 Å². The number of nitrogens with zero attached hydrogens (tertiary/aromatic N) is 2. The number of carbonyl (C=O) groups excluding carboxylic acids is 2. The van der Waals surface area contributed by atoms with Crippen molar-refractivity contribution in [3.8, 4) is 11.5 Å². The van der Waals surface area contributed by atoms with Gasteiger partial charge in [-0.2, -0.15) is 8.78 Å². The van der Waals surface area contributed by atoms with E-state index in [9.17, 15) is 26.8 Å². The molecule has 1 amide bonds. The molecule has 16 heteroatoms. The fourth-order valence-electron chi connectivity index (χ4n) is 5.76. The van der Waals surface area contributed by atoms with Crippen molar-refractivity contribution in [1.29, 1.82) is 0 Å². The predicted octanol–water partition coefficient (Wildman–Crippen LogP) is 5.47. The zero-order valence-corrected chi connectivity index (χ0v) is 30.0. The molecule has 50 heavy (non-hydrogen) atoms. The molecule has 2 atom stereocenters. The minimum Gasteiger partial charge on any atom is -0.489 e. The molecule has 3 heterocycles. The van der Waals surface area contributed by atoms with Gasteiger partial charge in [-0.1, -0.05) is 41.4 Å². The van der Waals surface area contributed by atoms with Gasteiger partial charge >= 0.3 is 12.6 Å². The number of aromatic nitrogens is 1. The third-order valence-corrected chi connectivity index (χ3v) is 12.2. The first kappa shape index (κ1) is 36.6. The lowest BCUT2D eigenvalue weighted by molar-refractivity contribution is -0.377. The highest BCUT2D eigenvalue weighted by Gasteiger charge is 2.38. The Hall–Kier alpha value is -3.17. The third-order valence-electron chi connectivity index (χ3n) is 8.77. The fourth-order valence-corrected chi connectivity index (χ4v) is 8.67. The Bertz CT molecular complexity index is 1780. The van der Waals surface area contributed by atoms with E-state index in [0.717, 1.165) is 18.4 Å². The molecular weight excluding hydrogens is 735 g/mol. The average Bonchev–Trinajstić information content (AvgIpc) is 3.79. The number of benzene rings is 2. The van der Waals surface area contributed by atoms with Gasteiger partial charge in [0.25, 0.3) is 5.91 Å². The minimum absolute atomic E-state index is 0.0466. The van der Waals surface area contributed by atoms with Crippen LogP contribution in [0.2, 0.25) is 10.0 Å². The molecule has 2 aliphatic heterocycles. The number of halogens is 4. The van der Waals surface area contributed by atoms with Crippen LogP contribution in [-0.2, 0) is 32.3 Å². The summed E-state index contributed by atoms with van der Waals surface area (Å²) < 4.78 is 66.7. The van der Waals surface area contributed by atoms with Crippen LogP contribution in [0.4, 0.5) is 8.78 Å². The van der Waals surface area contributed by atoms with Crippen LogP contribution in [0.15, 0.2) is 54.9 Å². The number of ether oxygens (including phenoxy) is 3. The summed E-state index contributed by atoms with van der Waals surface area (Å²) in [5, 5.41) is -0.327. The van der Waals surface area contributed by atoms with Crippen LogP contribution in [0.5, 0.6) is 11.5 Å². The largest absolute Gasteiger partial charge is 0.489 e. The standard InChI is InChI=1S/C34H35Cl2F2N3O7S2/c35-26-17-39-18-27(36)25(26)16-29(24-7-8-28(48-34(37)38)30(15-24)46-20-22-1-2-22)47-33(43)32-41(9-12-49-32)31(42)23-5-3-21(4-6-23)19-40-10-13-50(44,45)14-11-40/h3-8,15,17-18,22,29,32,34H,1-2,9-14,16,19-20H2/p+1/t29-,32-/m0/s1. The van der Waals surface area contributed by atoms with Crippen LogP contribution >= 0.6 is 35.0 Å². The number of esters is 1. The summed E-state index contributed by atoms with van der Waals surface area (Å²) in [4.78, 5) is 33.9. The molecule has 0 spiro atoms. The smallest absolute Gasteiger partial charge is 0.387 e. The van der Waals surface area contributed by atoms with Gasteiger partial charge in [0.2, 0.25) is 0 Å². The van der Waals surface area contributed by atoms with Crippen molar-refractivity contribution in [3.05, 3.63) is 87.2 Å². The zero-order chi connectivity index (χ0) is 35.4. The Kier molecular flexibility index (Phi) is 11.7. The van der Waals surface area contributed by atoms with E-state index in [4.69, 9.17) is 37.4 Å². The van der Waals surface area contributed by atoms with E-state index >= 15 is 0 Å². The van der Waals surface area contributed by atoms with Gasteiger partial charge in [-0.25, -0.2) is 18.2 Å². The van der Waals surface area contributed by atoms with Gasteiger partial charge in [-0.3, -0.25) is 9.69 Å². The van der Waals surface area contributed by atoms with Gasteiger partial charge in [-0.05, 0) is 54.2 Å². The lowest BCUT2D eigenvalue weighted by Gasteiger charge is -2.27. The van der Waals surface area contributed by atoms with Crippen LogP contribution in [0.3, 0.4) is 0 Å². The number of pyridine rings is 1. The maximum atomic E-state index is 13.9. The molecule has 10 nitrogen and oxygen atoms in total. The van der Waals surface area contributed by atoms with Crippen LogP contribution in [0.25, 0.3) is 0 Å². The number of alkyl halides is 2. The minimum atomic E-state index is -3.06. The number of H-pyrrole nitrogens is 1. The molecule has 3 aliphatic rings. The highest BCUT2D eigenvalue weighted by atomic mass is 35.5. The molecule has 1 aromatic heterocycles. The van der Waals surface area contributed by atoms with Gasteiger partial charge in [0.05, 0.1) is 18.1 Å². The van der Waals surface area contributed by atoms with Crippen molar-refractivity contribution in [3.63, 3.8) is 0 Å². The number of hydrogen-bond acceptors (Lipinski definition) is 9. The number of rotatable bonds is 13. The van der Waals surface area contributed by atoms with E-state index in [1.165, 1.54) is 34.9 Å². The highest BCUT2D eigenvalue weighted by molar-refractivity contribution is 8.00. The first-order valence-electron chi connectivity index (χ1n) is 16.2. The van der Waals surface area contributed by atoms with Crippen molar-refractivity contribution < 1.29 is 46.0 Å². The number of nitrogens with one attached hydrogen (secondary N) is 1. The van der Waals surface area contributed by atoms with Gasteiger partial charge in [0.1, 0.15) is 16.1 Å². The van der Waals surface area contributed by atoms with Crippen molar-refractivity contribution >= 4 is 56.7 Å². The van der Waals surface area contributed by atoms with E-state index < -0.39 is 33.9 Å². The Morgan fingerprint density at radius 3 is 2.34 bits per heavy atom. The fraction of sp³-hybridized carbons (Fsp3) is 0.441. The Morgan fingerprint density at radius 2 is 1.68 bits per heavy atom. The Balaban J connectivity index is 1.19. The second-order valence-corrected chi connectivity index (χ2v) is 16.8.